The molecule has 2 aromatic rings. The number of halogens is 1. The Morgan fingerprint density at radius 3 is 2.68 bits per heavy atom. The molecular formula is C14H16ClN3O. The maximum Gasteiger partial charge on any atom is 0.166 e. The van der Waals surface area contributed by atoms with E-state index in [0.29, 0.717) is 5.88 Å². The fraction of sp³-hybridized carbons (Fsp3) is 0.429. The molecule has 100 valence electrons. The lowest BCUT2D eigenvalue weighted by atomic mass is 10.2. The van der Waals surface area contributed by atoms with Crippen molar-refractivity contribution in [3.63, 3.8) is 0 Å². The molecule has 5 heteroatoms. The molecule has 0 amide bonds. The van der Waals surface area contributed by atoms with Crippen LogP contribution in [0.3, 0.4) is 0 Å². The number of hydrogen-bond acceptors (Lipinski definition) is 3. The summed E-state index contributed by atoms with van der Waals surface area (Å²) in [5.41, 5.74) is 1.03. The number of alkyl halides is 1. The Kier molecular flexibility index (Phi) is 3.53. The van der Waals surface area contributed by atoms with E-state index in [1.165, 1.54) is 0 Å². The fourth-order valence-electron chi connectivity index (χ4n) is 2.48. The molecule has 4 nitrogen and oxygen atoms in total. The predicted molar refractivity (Wildman–Crippen MR) is 73.4 cm³/mol. The highest BCUT2D eigenvalue weighted by atomic mass is 35.5. The third-order valence-corrected chi connectivity index (χ3v) is 3.65. The summed E-state index contributed by atoms with van der Waals surface area (Å²) in [5.74, 6) is 1.95. The van der Waals surface area contributed by atoms with Gasteiger partial charge in [-0.2, -0.15) is 0 Å². The van der Waals surface area contributed by atoms with E-state index in [1.807, 2.05) is 34.9 Å². The first-order chi connectivity index (χ1) is 9.29. The Morgan fingerprint density at radius 2 is 2.05 bits per heavy atom. The summed E-state index contributed by atoms with van der Waals surface area (Å²) < 4.78 is 7.91. The number of hydrogen-bond donors (Lipinski definition) is 0. The van der Waals surface area contributed by atoms with Gasteiger partial charge in [-0.05, 0) is 31.9 Å². The van der Waals surface area contributed by atoms with Gasteiger partial charge >= 0.3 is 0 Å². The zero-order chi connectivity index (χ0) is 13.2. The first-order valence-corrected chi connectivity index (χ1v) is 7.04. The third kappa shape index (κ3) is 2.38. The lowest BCUT2D eigenvalue weighted by Gasteiger charge is -2.14. The average Bonchev–Trinajstić information content (AvgIpc) is 3.05. The van der Waals surface area contributed by atoms with Gasteiger partial charge < -0.3 is 4.74 Å². The largest absolute Gasteiger partial charge is 0.367 e. The van der Waals surface area contributed by atoms with E-state index in [1.54, 1.807) is 0 Å². The standard InChI is InChI=1S/C14H16ClN3O/c1-10-7-8-12(19-10)14-17-16-13(9-15)18(14)11-5-3-2-4-6-11/h2-6,10,12H,7-9H2,1H3. The van der Waals surface area contributed by atoms with Crippen LogP contribution in [0.4, 0.5) is 0 Å². The van der Waals surface area contributed by atoms with E-state index in [0.717, 1.165) is 30.2 Å². The molecule has 1 aromatic heterocycles. The van der Waals surface area contributed by atoms with E-state index in [4.69, 9.17) is 16.3 Å². The molecule has 0 N–H and O–H groups in total. The molecule has 19 heavy (non-hydrogen) atoms. The maximum absolute atomic E-state index is 5.97. The summed E-state index contributed by atoms with van der Waals surface area (Å²) in [4.78, 5) is 0. The summed E-state index contributed by atoms with van der Waals surface area (Å²) in [6, 6.07) is 10.0. The second-order valence-corrected chi connectivity index (χ2v) is 5.06. The molecule has 0 saturated carbocycles. The van der Waals surface area contributed by atoms with Crippen LogP contribution in [0.15, 0.2) is 30.3 Å². The minimum atomic E-state index is 0.0136. The van der Waals surface area contributed by atoms with Crippen molar-refractivity contribution in [2.24, 2.45) is 0 Å². The van der Waals surface area contributed by atoms with Crippen LogP contribution in [0.25, 0.3) is 5.69 Å². The summed E-state index contributed by atoms with van der Waals surface area (Å²) in [5, 5.41) is 8.46. The quantitative estimate of drug-likeness (QED) is 0.809. The predicted octanol–water partition coefficient (Wildman–Crippen LogP) is 3.25. The van der Waals surface area contributed by atoms with Crippen molar-refractivity contribution in [3.8, 4) is 5.69 Å². The highest BCUT2D eigenvalue weighted by Gasteiger charge is 2.29. The minimum absolute atomic E-state index is 0.0136. The fourth-order valence-corrected chi connectivity index (χ4v) is 2.65. The first-order valence-electron chi connectivity index (χ1n) is 6.50. The zero-order valence-corrected chi connectivity index (χ0v) is 11.5. The molecule has 0 bridgehead atoms. The Bertz CT molecular complexity index is 555. The van der Waals surface area contributed by atoms with Crippen LogP contribution in [-0.4, -0.2) is 20.9 Å². The molecule has 2 unspecified atom stereocenters. The Hall–Kier alpha value is -1.39. The van der Waals surface area contributed by atoms with Gasteiger partial charge in [0.1, 0.15) is 6.10 Å². The van der Waals surface area contributed by atoms with Gasteiger partial charge in [-0.25, -0.2) is 0 Å². The van der Waals surface area contributed by atoms with E-state index >= 15 is 0 Å². The van der Waals surface area contributed by atoms with Crippen molar-refractivity contribution in [1.29, 1.82) is 0 Å². The molecule has 2 heterocycles. The zero-order valence-electron chi connectivity index (χ0n) is 10.8. The molecule has 3 rings (SSSR count). The van der Waals surface area contributed by atoms with Gasteiger partial charge in [-0.1, -0.05) is 18.2 Å². The van der Waals surface area contributed by atoms with Crippen molar-refractivity contribution < 1.29 is 4.74 Å². The smallest absolute Gasteiger partial charge is 0.166 e. The SMILES string of the molecule is CC1CCC(c2nnc(CCl)n2-c2ccccc2)O1. The number of ether oxygens (including phenoxy) is 1. The summed E-state index contributed by atoms with van der Waals surface area (Å²) in [6.07, 6.45) is 2.33. The Balaban J connectivity index is 2.04. The normalized spacial score (nSPS) is 22.8. The molecule has 1 aliphatic heterocycles. The van der Waals surface area contributed by atoms with Crippen molar-refractivity contribution >= 4 is 11.6 Å². The second-order valence-electron chi connectivity index (χ2n) is 4.79. The lowest BCUT2D eigenvalue weighted by Crippen LogP contribution is -2.10. The van der Waals surface area contributed by atoms with Gasteiger partial charge in [0.25, 0.3) is 0 Å². The van der Waals surface area contributed by atoms with Crippen LogP contribution in [0.2, 0.25) is 0 Å². The van der Waals surface area contributed by atoms with Crippen molar-refractivity contribution in [3.05, 3.63) is 42.0 Å². The third-order valence-electron chi connectivity index (χ3n) is 3.41. The molecule has 2 atom stereocenters. The highest BCUT2D eigenvalue weighted by molar-refractivity contribution is 6.16. The minimum Gasteiger partial charge on any atom is -0.367 e. The Morgan fingerprint density at radius 1 is 1.26 bits per heavy atom. The second kappa shape index (κ2) is 5.31. The van der Waals surface area contributed by atoms with Crippen LogP contribution in [0.1, 0.15) is 37.5 Å². The van der Waals surface area contributed by atoms with Gasteiger partial charge in [-0.15, -0.1) is 21.8 Å². The van der Waals surface area contributed by atoms with Crippen molar-refractivity contribution in [2.45, 2.75) is 37.9 Å². The molecule has 0 aliphatic carbocycles. The summed E-state index contributed by atoms with van der Waals surface area (Å²) in [7, 11) is 0. The molecule has 0 spiro atoms. The molecule has 1 saturated heterocycles. The van der Waals surface area contributed by atoms with Gasteiger partial charge in [0.15, 0.2) is 11.6 Å². The van der Waals surface area contributed by atoms with Crippen molar-refractivity contribution in [2.75, 3.05) is 0 Å². The molecular weight excluding hydrogens is 262 g/mol. The molecule has 1 fully saturated rings. The number of para-hydroxylation sites is 1. The van der Waals surface area contributed by atoms with Gasteiger partial charge in [0.05, 0.1) is 12.0 Å². The van der Waals surface area contributed by atoms with Gasteiger partial charge in [0, 0.05) is 5.69 Å². The first kappa shape index (κ1) is 12.6. The van der Waals surface area contributed by atoms with Crippen LogP contribution >= 0.6 is 11.6 Å². The molecule has 0 radical (unpaired) electrons. The van der Waals surface area contributed by atoms with Gasteiger partial charge in [-0.3, -0.25) is 4.57 Å². The number of aromatic nitrogens is 3. The monoisotopic (exact) mass is 277 g/mol. The Labute approximate surface area is 117 Å². The van der Waals surface area contributed by atoms with Crippen LogP contribution < -0.4 is 0 Å². The van der Waals surface area contributed by atoms with Crippen LogP contribution in [0.5, 0.6) is 0 Å². The van der Waals surface area contributed by atoms with Crippen molar-refractivity contribution in [1.82, 2.24) is 14.8 Å². The number of rotatable bonds is 3. The van der Waals surface area contributed by atoms with E-state index in [-0.39, 0.29) is 12.2 Å². The summed E-state index contributed by atoms with van der Waals surface area (Å²) in [6.45, 7) is 2.09. The average molecular weight is 278 g/mol. The van der Waals surface area contributed by atoms with E-state index in [9.17, 15) is 0 Å². The highest BCUT2D eigenvalue weighted by Crippen LogP contribution is 2.33. The van der Waals surface area contributed by atoms with Crippen LogP contribution in [0, 0.1) is 0 Å². The lowest BCUT2D eigenvalue weighted by molar-refractivity contribution is 0.0492. The topological polar surface area (TPSA) is 39.9 Å². The van der Waals surface area contributed by atoms with Gasteiger partial charge in [0.2, 0.25) is 0 Å². The number of nitrogens with zero attached hydrogens (tertiary/aromatic N) is 3. The molecule has 1 aliphatic rings. The number of benzene rings is 1. The van der Waals surface area contributed by atoms with E-state index < -0.39 is 0 Å². The van der Waals surface area contributed by atoms with Crippen LogP contribution in [-0.2, 0) is 10.6 Å². The molecule has 1 aromatic carbocycles. The maximum atomic E-state index is 5.97. The van der Waals surface area contributed by atoms with E-state index in [2.05, 4.69) is 17.1 Å². The summed E-state index contributed by atoms with van der Waals surface area (Å²) >= 11 is 5.97.